The number of benzene rings is 2. The minimum Gasteiger partial charge on any atom is -0.497 e. The summed E-state index contributed by atoms with van der Waals surface area (Å²) in [5.41, 5.74) is 4.28. The van der Waals surface area contributed by atoms with E-state index >= 15 is 0 Å². The van der Waals surface area contributed by atoms with Gasteiger partial charge in [-0.15, -0.1) is 0 Å². The van der Waals surface area contributed by atoms with Crippen LogP contribution in [0.25, 0.3) is 22.5 Å². The third-order valence-corrected chi connectivity index (χ3v) is 4.73. The molecular formula is C23H21N5O3. The molecule has 0 aliphatic heterocycles. The molecule has 0 unspecified atom stereocenters. The fourth-order valence-electron chi connectivity index (χ4n) is 3.05. The van der Waals surface area contributed by atoms with E-state index in [-0.39, 0.29) is 12.5 Å². The molecule has 2 aromatic heterocycles. The van der Waals surface area contributed by atoms with Crippen molar-refractivity contribution in [3.05, 3.63) is 78.4 Å². The van der Waals surface area contributed by atoms with Crippen LogP contribution >= 0.6 is 0 Å². The van der Waals surface area contributed by atoms with E-state index in [0.717, 1.165) is 28.3 Å². The van der Waals surface area contributed by atoms with Crippen LogP contribution in [0.4, 0.5) is 0 Å². The number of H-pyrrole nitrogens is 1. The SMILES string of the molecule is COc1ccc(-c2cc(CNC(=O)c3cc(-c4cccc(OC)c4)n[nH]3)ncn2)cc1. The standard InChI is InChI=1S/C23H21N5O3/c1-30-18-8-6-15(7-9-18)20-11-17(25-14-26-20)13-24-23(29)22-12-21(27-28-22)16-4-3-5-19(10-16)31-2/h3-12,14H,13H2,1-2H3,(H,24,29)(H,27,28). The first kappa shape index (κ1) is 20.1. The second-order valence-corrected chi connectivity index (χ2v) is 6.70. The highest BCUT2D eigenvalue weighted by Crippen LogP contribution is 2.23. The van der Waals surface area contributed by atoms with Gasteiger partial charge >= 0.3 is 0 Å². The van der Waals surface area contributed by atoms with Gasteiger partial charge in [-0.05, 0) is 48.5 Å². The van der Waals surface area contributed by atoms with Crippen LogP contribution in [0.5, 0.6) is 11.5 Å². The van der Waals surface area contributed by atoms with Crippen LogP contribution in [0, 0.1) is 0 Å². The van der Waals surface area contributed by atoms with Crippen molar-refractivity contribution in [1.29, 1.82) is 0 Å². The van der Waals surface area contributed by atoms with Crippen LogP contribution in [0.3, 0.4) is 0 Å². The second kappa shape index (κ2) is 9.08. The smallest absolute Gasteiger partial charge is 0.269 e. The summed E-state index contributed by atoms with van der Waals surface area (Å²) >= 11 is 0. The third-order valence-electron chi connectivity index (χ3n) is 4.73. The zero-order valence-electron chi connectivity index (χ0n) is 17.1. The minimum atomic E-state index is -0.272. The summed E-state index contributed by atoms with van der Waals surface area (Å²) in [6.07, 6.45) is 1.48. The van der Waals surface area contributed by atoms with Gasteiger partial charge < -0.3 is 14.8 Å². The first-order chi connectivity index (χ1) is 15.2. The Bertz CT molecular complexity index is 1190. The molecule has 2 N–H and O–H groups in total. The Morgan fingerprint density at radius 2 is 1.71 bits per heavy atom. The van der Waals surface area contributed by atoms with Crippen LogP contribution in [0.15, 0.2) is 67.0 Å². The van der Waals surface area contributed by atoms with Crippen LogP contribution in [-0.4, -0.2) is 40.3 Å². The molecule has 0 aliphatic carbocycles. The molecule has 0 spiro atoms. The molecule has 0 bridgehead atoms. The van der Waals surface area contributed by atoms with Gasteiger partial charge in [0.2, 0.25) is 0 Å². The van der Waals surface area contributed by atoms with E-state index in [2.05, 4.69) is 25.5 Å². The van der Waals surface area contributed by atoms with Gasteiger partial charge in [0.05, 0.1) is 37.8 Å². The van der Waals surface area contributed by atoms with Crippen LogP contribution in [-0.2, 0) is 6.54 Å². The van der Waals surface area contributed by atoms with E-state index in [1.807, 2.05) is 54.6 Å². The average Bonchev–Trinajstić information content (AvgIpc) is 3.33. The summed E-state index contributed by atoms with van der Waals surface area (Å²) in [5.74, 6) is 1.23. The zero-order valence-corrected chi connectivity index (χ0v) is 17.1. The van der Waals surface area contributed by atoms with E-state index in [4.69, 9.17) is 9.47 Å². The molecule has 2 heterocycles. The number of hydrogen-bond acceptors (Lipinski definition) is 6. The van der Waals surface area contributed by atoms with Crippen molar-refractivity contribution < 1.29 is 14.3 Å². The molecule has 4 aromatic rings. The van der Waals surface area contributed by atoms with Gasteiger partial charge in [-0.25, -0.2) is 9.97 Å². The second-order valence-electron chi connectivity index (χ2n) is 6.70. The molecule has 0 fully saturated rings. The molecular weight excluding hydrogens is 394 g/mol. The van der Waals surface area contributed by atoms with Gasteiger partial charge in [0, 0.05) is 11.1 Å². The van der Waals surface area contributed by atoms with E-state index in [9.17, 15) is 4.79 Å². The Morgan fingerprint density at radius 3 is 2.48 bits per heavy atom. The van der Waals surface area contributed by atoms with Crippen molar-refractivity contribution in [2.24, 2.45) is 0 Å². The largest absolute Gasteiger partial charge is 0.497 e. The molecule has 156 valence electrons. The first-order valence-electron chi connectivity index (χ1n) is 9.59. The predicted molar refractivity (Wildman–Crippen MR) is 116 cm³/mol. The summed E-state index contributed by atoms with van der Waals surface area (Å²) < 4.78 is 10.4. The lowest BCUT2D eigenvalue weighted by Gasteiger charge is -2.06. The van der Waals surface area contributed by atoms with Gasteiger partial charge in [0.1, 0.15) is 23.5 Å². The first-order valence-corrected chi connectivity index (χ1v) is 9.59. The highest BCUT2D eigenvalue weighted by atomic mass is 16.5. The van der Waals surface area contributed by atoms with E-state index < -0.39 is 0 Å². The normalized spacial score (nSPS) is 10.5. The highest BCUT2D eigenvalue weighted by molar-refractivity contribution is 5.93. The number of ether oxygens (including phenoxy) is 2. The van der Waals surface area contributed by atoms with Gasteiger partial charge in [0.25, 0.3) is 5.91 Å². The molecule has 0 saturated carbocycles. The minimum absolute atomic E-state index is 0.262. The topological polar surface area (TPSA) is 102 Å². The third kappa shape index (κ3) is 4.69. The number of hydrogen-bond donors (Lipinski definition) is 2. The van der Waals surface area contributed by atoms with Crippen LogP contribution in [0.1, 0.15) is 16.2 Å². The fraction of sp³-hybridized carbons (Fsp3) is 0.130. The number of carbonyl (C=O) groups excluding carboxylic acids is 1. The number of nitrogens with zero attached hydrogens (tertiary/aromatic N) is 3. The molecule has 4 rings (SSSR count). The fourth-order valence-corrected chi connectivity index (χ4v) is 3.05. The van der Waals surface area contributed by atoms with Gasteiger partial charge in [-0.3, -0.25) is 9.89 Å². The lowest BCUT2D eigenvalue weighted by molar-refractivity contribution is 0.0945. The van der Waals surface area contributed by atoms with Gasteiger partial charge in [0.15, 0.2) is 0 Å². The Labute approximate surface area is 179 Å². The molecule has 0 atom stereocenters. The number of aromatic nitrogens is 4. The van der Waals surface area contributed by atoms with Crippen molar-refractivity contribution >= 4 is 5.91 Å². The van der Waals surface area contributed by atoms with Crippen molar-refractivity contribution in [3.63, 3.8) is 0 Å². The highest BCUT2D eigenvalue weighted by Gasteiger charge is 2.12. The zero-order chi connectivity index (χ0) is 21.6. The molecule has 8 nitrogen and oxygen atoms in total. The van der Waals surface area contributed by atoms with E-state index in [1.54, 1.807) is 20.3 Å². The Hall–Kier alpha value is -4.20. The number of nitrogens with one attached hydrogen (secondary N) is 2. The number of rotatable bonds is 7. The molecule has 31 heavy (non-hydrogen) atoms. The van der Waals surface area contributed by atoms with Crippen LogP contribution in [0.2, 0.25) is 0 Å². The maximum atomic E-state index is 12.5. The Kier molecular flexibility index (Phi) is 5.89. The molecule has 2 aromatic carbocycles. The Morgan fingerprint density at radius 1 is 0.903 bits per heavy atom. The molecule has 8 heteroatoms. The lowest BCUT2D eigenvalue weighted by atomic mass is 10.1. The average molecular weight is 415 g/mol. The summed E-state index contributed by atoms with van der Waals surface area (Å²) in [7, 11) is 3.23. The number of carbonyl (C=O) groups is 1. The number of methoxy groups -OCH3 is 2. The van der Waals surface area contributed by atoms with Crippen molar-refractivity contribution in [2.75, 3.05) is 14.2 Å². The summed E-state index contributed by atoms with van der Waals surface area (Å²) in [4.78, 5) is 21.1. The number of aromatic amines is 1. The molecule has 0 saturated heterocycles. The predicted octanol–water partition coefficient (Wildman–Crippen LogP) is 3.48. The monoisotopic (exact) mass is 415 g/mol. The van der Waals surface area contributed by atoms with Crippen molar-refractivity contribution in [3.8, 4) is 34.0 Å². The van der Waals surface area contributed by atoms with Crippen LogP contribution < -0.4 is 14.8 Å². The van der Waals surface area contributed by atoms with Gasteiger partial charge in [-0.2, -0.15) is 5.10 Å². The quantitative estimate of drug-likeness (QED) is 0.479. The molecule has 0 radical (unpaired) electrons. The maximum absolute atomic E-state index is 12.5. The molecule has 1 amide bonds. The Balaban J connectivity index is 1.42. The lowest BCUT2D eigenvalue weighted by Crippen LogP contribution is -2.23. The summed E-state index contributed by atoms with van der Waals surface area (Å²) in [6, 6.07) is 18.6. The molecule has 0 aliphatic rings. The van der Waals surface area contributed by atoms with E-state index in [1.165, 1.54) is 6.33 Å². The maximum Gasteiger partial charge on any atom is 0.269 e. The number of amides is 1. The van der Waals surface area contributed by atoms with Crippen molar-refractivity contribution in [1.82, 2.24) is 25.5 Å². The van der Waals surface area contributed by atoms with Gasteiger partial charge in [-0.1, -0.05) is 12.1 Å². The summed E-state index contributed by atoms with van der Waals surface area (Å²) in [5, 5.41) is 9.86. The van der Waals surface area contributed by atoms with Crippen molar-refractivity contribution in [2.45, 2.75) is 6.54 Å². The van der Waals surface area contributed by atoms with E-state index in [0.29, 0.717) is 17.1 Å². The summed E-state index contributed by atoms with van der Waals surface area (Å²) in [6.45, 7) is 0.262.